The van der Waals surface area contributed by atoms with Gasteiger partial charge in [-0.2, -0.15) is 8.42 Å². The first kappa shape index (κ1) is 14.3. The standard InChI is InChI=1S/C14H18ClNO3S/c1-20(17,18)19-14-9-16-7-6-12(13(14)8-16)10-2-4-11(15)5-3-10/h2-5,12-14H,6-9H2,1H3/t12-,13?,14?/m1/s1. The second-order valence-electron chi connectivity index (χ2n) is 5.71. The van der Waals surface area contributed by atoms with Crippen LogP contribution in [0.2, 0.25) is 5.02 Å². The van der Waals surface area contributed by atoms with E-state index >= 15 is 0 Å². The van der Waals surface area contributed by atoms with Crippen LogP contribution in [0.4, 0.5) is 0 Å². The summed E-state index contributed by atoms with van der Waals surface area (Å²) in [6.07, 6.45) is 1.94. The lowest BCUT2D eigenvalue weighted by molar-refractivity contribution is 0.165. The summed E-state index contributed by atoms with van der Waals surface area (Å²) in [5.74, 6) is 0.581. The molecule has 2 aliphatic rings. The van der Waals surface area contributed by atoms with E-state index in [-0.39, 0.29) is 12.0 Å². The molecule has 4 atom stereocenters. The molecular weight excluding hydrogens is 298 g/mol. The average molecular weight is 316 g/mol. The van der Waals surface area contributed by atoms with Crippen molar-refractivity contribution in [1.82, 2.24) is 4.90 Å². The van der Waals surface area contributed by atoms with Gasteiger partial charge in [0.1, 0.15) is 0 Å². The molecule has 1 aromatic carbocycles. The number of nitrogens with zero attached hydrogens (tertiary/aromatic N) is 1. The van der Waals surface area contributed by atoms with Gasteiger partial charge in [-0.1, -0.05) is 23.7 Å². The van der Waals surface area contributed by atoms with Crippen molar-refractivity contribution in [2.75, 3.05) is 25.9 Å². The Morgan fingerprint density at radius 3 is 2.60 bits per heavy atom. The summed E-state index contributed by atoms with van der Waals surface area (Å²) < 4.78 is 28.1. The molecule has 2 aliphatic heterocycles. The predicted molar refractivity (Wildman–Crippen MR) is 78.5 cm³/mol. The minimum Gasteiger partial charge on any atom is -0.300 e. The third-order valence-corrected chi connectivity index (χ3v) is 5.10. The Morgan fingerprint density at radius 1 is 1.25 bits per heavy atom. The Bertz CT molecular complexity index is 587. The fourth-order valence-electron chi connectivity index (χ4n) is 3.43. The first-order valence-corrected chi connectivity index (χ1v) is 8.98. The van der Waals surface area contributed by atoms with Crippen molar-refractivity contribution in [1.29, 1.82) is 0 Å². The summed E-state index contributed by atoms with van der Waals surface area (Å²) in [6, 6.07) is 7.87. The smallest absolute Gasteiger partial charge is 0.264 e. The molecule has 0 saturated carbocycles. The maximum Gasteiger partial charge on any atom is 0.264 e. The Labute approximate surface area is 124 Å². The lowest BCUT2D eigenvalue weighted by Gasteiger charge is -2.31. The molecule has 0 aromatic heterocycles. The monoisotopic (exact) mass is 315 g/mol. The van der Waals surface area contributed by atoms with Crippen LogP contribution in [0.3, 0.4) is 0 Å². The minimum absolute atomic E-state index is 0.229. The van der Waals surface area contributed by atoms with E-state index in [0.717, 1.165) is 30.8 Å². The van der Waals surface area contributed by atoms with Crippen molar-refractivity contribution >= 4 is 21.7 Å². The van der Waals surface area contributed by atoms with Crippen LogP contribution in [0.25, 0.3) is 0 Å². The van der Waals surface area contributed by atoms with Crippen LogP contribution in [-0.2, 0) is 14.3 Å². The number of hydrogen-bond donors (Lipinski definition) is 0. The fraction of sp³-hybridized carbons (Fsp3) is 0.571. The lowest BCUT2D eigenvalue weighted by Crippen LogP contribution is -2.32. The van der Waals surface area contributed by atoms with E-state index in [1.54, 1.807) is 0 Å². The van der Waals surface area contributed by atoms with Crippen LogP contribution in [0, 0.1) is 5.92 Å². The zero-order valence-electron chi connectivity index (χ0n) is 11.3. The van der Waals surface area contributed by atoms with Gasteiger partial charge in [0.25, 0.3) is 10.1 Å². The maximum absolute atomic E-state index is 11.4. The van der Waals surface area contributed by atoms with Crippen LogP contribution < -0.4 is 0 Å². The van der Waals surface area contributed by atoms with Gasteiger partial charge in [-0.3, -0.25) is 4.18 Å². The SMILES string of the molecule is CS(=O)(=O)OC1CN2CC[C@H](c3ccc(Cl)cc3)C1C2. The number of fused-ring (bicyclic) bond motifs is 2. The molecule has 2 fully saturated rings. The van der Waals surface area contributed by atoms with Crippen molar-refractivity contribution < 1.29 is 12.6 Å². The van der Waals surface area contributed by atoms with Crippen LogP contribution in [0.5, 0.6) is 0 Å². The number of piperidine rings is 1. The highest BCUT2D eigenvalue weighted by atomic mass is 35.5. The summed E-state index contributed by atoms with van der Waals surface area (Å²) in [5.41, 5.74) is 1.23. The van der Waals surface area contributed by atoms with E-state index in [0.29, 0.717) is 12.5 Å². The highest BCUT2D eigenvalue weighted by Crippen LogP contribution is 2.41. The third-order valence-electron chi connectivity index (χ3n) is 4.25. The minimum atomic E-state index is -3.41. The molecule has 20 heavy (non-hydrogen) atoms. The summed E-state index contributed by atoms with van der Waals surface area (Å²) in [7, 11) is -3.41. The second kappa shape index (κ2) is 5.30. The van der Waals surface area contributed by atoms with E-state index in [4.69, 9.17) is 15.8 Å². The molecule has 2 saturated heterocycles. The molecule has 2 bridgehead atoms. The number of halogens is 1. The van der Waals surface area contributed by atoms with Gasteiger partial charge in [0, 0.05) is 24.0 Å². The molecule has 3 unspecified atom stereocenters. The molecule has 2 heterocycles. The highest BCUT2D eigenvalue weighted by molar-refractivity contribution is 7.86. The zero-order valence-corrected chi connectivity index (χ0v) is 12.9. The molecule has 110 valence electrons. The molecule has 1 aromatic rings. The molecule has 0 radical (unpaired) electrons. The summed E-state index contributed by atoms with van der Waals surface area (Å²) in [6.45, 7) is 2.61. The molecule has 0 N–H and O–H groups in total. The van der Waals surface area contributed by atoms with Crippen molar-refractivity contribution in [3.63, 3.8) is 0 Å². The van der Waals surface area contributed by atoms with Gasteiger partial charge in [0.05, 0.1) is 12.4 Å². The van der Waals surface area contributed by atoms with E-state index in [1.807, 2.05) is 24.3 Å². The van der Waals surface area contributed by atoms with Gasteiger partial charge in [-0.05, 0) is 36.6 Å². The van der Waals surface area contributed by atoms with E-state index in [2.05, 4.69) is 4.90 Å². The second-order valence-corrected chi connectivity index (χ2v) is 7.75. The first-order valence-electron chi connectivity index (χ1n) is 6.78. The fourth-order valence-corrected chi connectivity index (χ4v) is 4.21. The third kappa shape index (κ3) is 3.01. The topological polar surface area (TPSA) is 46.6 Å². The van der Waals surface area contributed by atoms with Crippen LogP contribution in [0.1, 0.15) is 17.9 Å². The van der Waals surface area contributed by atoms with Crippen molar-refractivity contribution in [3.8, 4) is 0 Å². The van der Waals surface area contributed by atoms with Crippen molar-refractivity contribution in [2.24, 2.45) is 5.92 Å². The van der Waals surface area contributed by atoms with Gasteiger partial charge >= 0.3 is 0 Å². The normalized spacial score (nSPS) is 33.3. The average Bonchev–Trinajstić information content (AvgIpc) is 2.66. The Morgan fingerprint density at radius 2 is 1.95 bits per heavy atom. The van der Waals surface area contributed by atoms with Crippen LogP contribution in [-0.4, -0.2) is 45.3 Å². The highest BCUT2D eigenvalue weighted by Gasteiger charge is 2.44. The van der Waals surface area contributed by atoms with Gasteiger partial charge in [-0.15, -0.1) is 0 Å². The summed E-state index contributed by atoms with van der Waals surface area (Å²) in [5, 5.41) is 0.724. The molecule has 0 spiro atoms. The molecular formula is C14H18ClNO3S. The molecule has 6 heteroatoms. The van der Waals surface area contributed by atoms with E-state index in [1.165, 1.54) is 5.56 Å². The largest absolute Gasteiger partial charge is 0.300 e. The van der Waals surface area contributed by atoms with Gasteiger partial charge in [0.15, 0.2) is 0 Å². The van der Waals surface area contributed by atoms with E-state index in [9.17, 15) is 8.42 Å². The van der Waals surface area contributed by atoms with Gasteiger partial charge in [-0.25, -0.2) is 0 Å². The van der Waals surface area contributed by atoms with E-state index < -0.39 is 10.1 Å². The predicted octanol–water partition coefficient (Wildman–Crippen LogP) is 2.10. The summed E-state index contributed by atoms with van der Waals surface area (Å²) in [4.78, 5) is 2.28. The molecule has 0 aliphatic carbocycles. The number of rotatable bonds is 3. The molecule has 0 amide bonds. The molecule has 4 nitrogen and oxygen atoms in total. The van der Waals surface area contributed by atoms with Crippen molar-refractivity contribution in [3.05, 3.63) is 34.9 Å². The molecule has 3 rings (SSSR count). The first-order chi connectivity index (χ1) is 9.42. The van der Waals surface area contributed by atoms with Gasteiger partial charge in [0.2, 0.25) is 0 Å². The summed E-state index contributed by atoms with van der Waals surface area (Å²) >= 11 is 5.93. The lowest BCUT2D eigenvalue weighted by atomic mass is 9.81. The van der Waals surface area contributed by atoms with Crippen molar-refractivity contribution in [2.45, 2.75) is 18.4 Å². The van der Waals surface area contributed by atoms with Crippen LogP contribution in [0.15, 0.2) is 24.3 Å². The number of benzene rings is 1. The Kier molecular flexibility index (Phi) is 3.79. The number of hydrogen-bond acceptors (Lipinski definition) is 4. The van der Waals surface area contributed by atoms with Gasteiger partial charge < -0.3 is 4.90 Å². The zero-order chi connectivity index (χ0) is 14.3. The Hall–Kier alpha value is -0.620. The Balaban J connectivity index is 1.83. The maximum atomic E-state index is 11.4. The van der Waals surface area contributed by atoms with Crippen LogP contribution >= 0.6 is 11.6 Å². The quantitative estimate of drug-likeness (QED) is 0.802.